The van der Waals surface area contributed by atoms with Crippen LogP contribution in [-0.4, -0.2) is 6.98 Å². The van der Waals surface area contributed by atoms with E-state index in [1.807, 2.05) is 0 Å². The zero-order valence-electron chi connectivity index (χ0n) is 7.62. The molecule has 0 radical (unpaired) electrons. The Balaban J connectivity index is 0.00000169. The molecule has 0 amide bonds. The van der Waals surface area contributed by atoms with Crippen molar-refractivity contribution in [2.45, 2.75) is 6.92 Å². The van der Waals surface area contributed by atoms with E-state index < -0.39 is 24.1 Å². The molecular formula is C7H5BF5K. The van der Waals surface area contributed by atoms with Gasteiger partial charge in [-0.05, 0) is 30.1 Å². The molecule has 7 heteroatoms. The minimum Gasteiger partial charge on any atom is -0.445 e. The molecule has 0 nitrogen and oxygen atoms in total. The van der Waals surface area contributed by atoms with E-state index in [0.717, 1.165) is 0 Å². The van der Waals surface area contributed by atoms with Gasteiger partial charge in [-0.25, -0.2) is 8.78 Å². The number of hydrogen-bond donors (Lipinski definition) is 0. The van der Waals surface area contributed by atoms with Gasteiger partial charge in [0.1, 0.15) is 0 Å². The predicted octanol–water partition coefficient (Wildman–Crippen LogP) is -0.668. The normalized spacial score (nSPS) is 11.0. The van der Waals surface area contributed by atoms with Crippen molar-refractivity contribution in [3.8, 4) is 0 Å². The Hall–Kier alpha value is 0.571. The number of hydrogen-bond acceptors (Lipinski definition) is 0. The number of aryl methyl sites for hydroxylation is 1. The SMILES string of the molecule is Cc1cc(F)c([B-](F)(F)F)c(F)c1.[K+]. The first kappa shape index (κ1) is 14.6. The molecule has 1 rings (SSSR count). The van der Waals surface area contributed by atoms with Crippen molar-refractivity contribution in [3.63, 3.8) is 0 Å². The van der Waals surface area contributed by atoms with Gasteiger partial charge in [0.15, 0.2) is 0 Å². The summed E-state index contributed by atoms with van der Waals surface area (Å²) >= 11 is 0. The van der Waals surface area contributed by atoms with Gasteiger partial charge in [-0.1, -0.05) is 0 Å². The third kappa shape index (κ3) is 3.30. The topological polar surface area (TPSA) is 0 Å². The van der Waals surface area contributed by atoms with E-state index in [-0.39, 0.29) is 56.9 Å². The van der Waals surface area contributed by atoms with Crippen LogP contribution in [0.3, 0.4) is 0 Å². The molecule has 0 aliphatic heterocycles. The van der Waals surface area contributed by atoms with Gasteiger partial charge < -0.3 is 12.9 Å². The fraction of sp³-hybridized carbons (Fsp3) is 0.143. The molecule has 0 fully saturated rings. The van der Waals surface area contributed by atoms with Crippen LogP contribution < -0.4 is 56.8 Å². The van der Waals surface area contributed by atoms with Gasteiger partial charge in [0.25, 0.3) is 0 Å². The van der Waals surface area contributed by atoms with Crippen LogP contribution in [0.2, 0.25) is 0 Å². The van der Waals surface area contributed by atoms with Gasteiger partial charge in [0.05, 0.1) is 11.6 Å². The maximum absolute atomic E-state index is 12.7. The van der Waals surface area contributed by atoms with Crippen LogP contribution in [0.1, 0.15) is 5.56 Å². The Morgan fingerprint density at radius 2 is 1.36 bits per heavy atom. The molecule has 0 bridgehead atoms. The summed E-state index contributed by atoms with van der Waals surface area (Å²) in [6.45, 7) is -4.30. The van der Waals surface area contributed by atoms with Crippen LogP contribution in [0.25, 0.3) is 0 Å². The molecular weight excluding hydrogens is 229 g/mol. The number of halogens is 5. The van der Waals surface area contributed by atoms with E-state index in [2.05, 4.69) is 0 Å². The molecule has 0 aromatic heterocycles. The van der Waals surface area contributed by atoms with Gasteiger partial charge in [0, 0.05) is 0 Å². The Labute approximate surface area is 120 Å². The molecule has 0 unspecified atom stereocenters. The van der Waals surface area contributed by atoms with Gasteiger partial charge in [-0.3, -0.25) is 0 Å². The minimum atomic E-state index is -5.62. The van der Waals surface area contributed by atoms with Crippen molar-refractivity contribution in [3.05, 3.63) is 29.3 Å². The molecule has 0 spiro atoms. The van der Waals surface area contributed by atoms with Gasteiger partial charge in [-0.2, -0.15) is 0 Å². The summed E-state index contributed by atoms with van der Waals surface area (Å²) in [6.07, 6.45) is 0. The first-order valence-corrected chi connectivity index (χ1v) is 3.48. The first-order valence-electron chi connectivity index (χ1n) is 3.48. The molecule has 0 saturated heterocycles. The second-order valence-electron chi connectivity index (χ2n) is 2.72. The predicted molar refractivity (Wildman–Crippen MR) is 39.8 cm³/mol. The van der Waals surface area contributed by atoms with E-state index in [9.17, 15) is 21.7 Å². The van der Waals surface area contributed by atoms with E-state index >= 15 is 0 Å². The van der Waals surface area contributed by atoms with Crippen molar-refractivity contribution >= 4 is 12.4 Å². The Morgan fingerprint density at radius 1 is 1.00 bits per heavy atom. The molecule has 0 aliphatic rings. The fourth-order valence-corrected chi connectivity index (χ4v) is 1.02. The van der Waals surface area contributed by atoms with Crippen molar-refractivity contribution in [2.75, 3.05) is 0 Å². The van der Waals surface area contributed by atoms with E-state index in [1.165, 1.54) is 6.92 Å². The van der Waals surface area contributed by atoms with Crippen LogP contribution in [-0.2, 0) is 0 Å². The Morgan fingerprint density at radius 3 is 1.64 bits per heavy atom. The van der Waals surface area contributed by atoms with Crippen LogP contribution in [0.4, 0.5) is 21.7 Å². The molecule has 0 aliphatic carbocycles. The van der Waals surface area contributed by atoms with Gasteiger partial charge in [-0.15, -0.1) is 0 Å². The largest absolute Gasteiger partial charge is 1.00 e. The Kier molecular flexibility index (Phi) is 5.28. The smallest absolute Gasteiger partial charge is 0.445 e. The maximum Gasteiger partial charge on any atom is 1.00 e. The van der Waals surface area contributed by atoms with Crippen molar-refractivity contribution < 1.29 is 73.1 Å². The zero-order chi connectivity index (χ0) is 10.2. The molecule has 0 heterocycles. The van der Waals surface area contributed by atoms with Gasteiger partial charge >= 0.3 is 58.4 Å². The summed E-state index contributed by atoms with van der Waals surface area (Å²) in [5, 5.41) is 0. The molecule has 0 saturated carbocycles. The molecule has 0 N–H and O–H groups in total. The average Bonchev–Trinajstić information content (AvgIpc) is 1.78. The summed E-state index contributed by atoms with van der Waals surface area (Å²) in [7, 11) is 0. The summed E-state index contributed by atoms with van der Waals surface area (Å²) in [6, 6.07) is 1.32. The monoisotopic (exact) mass is 234 g/mol. The summed E-state index contributed by atoms with van der Waals surface area (Å²) in [5.74, 6) is -3.10. The first-order chi connectivity index (χ1) is 5.82. The summed E-state index contributed by atoms with van der Waals surface area (Å²) in [5.41, 5.74) is -1.65. The second kappa shape index (κ2) is 5.07. The van der Waals surface area contributed by atoms with Crippen LogP contribution in [0.15, 0.2) is 12.1 Å². The van der Waals surface area contributed by atoms with E-state index in [4.69, 9.17) is 0 Å². The second-order valence-corrected chi connectivity index (χ2v) is 2.72. The molecule has 0 atom stereocenters. The minimum absolute atomic E-state index is 0. The van der Waals surface area contributed by atoms with Crippen LogP contribution in [0, 0.1) is 18.6 Å². The number of rotatable bonds is 1. The van der Waals surface area contributed by atoms with Crippen LogP contribution in [0.5, 0.6) is 0 Å². The molecule has 72 valence electrons. The third-order valence-electron chi connectivity index (χ3n) is 1.55. The molecule has 1 aromatic carbocycles. The molecule has 1 aromatic rings. The number of benzene rings is 1. The fourth-order valence-electron chi connectivity index (χ4n) is 1.02. The summed E-state index contributed by atoms with van der Waals surface area (Å²) in [4.78, 5) is 0. The quantitative estimate of drug-likeness (QED) is 0.446. The van der Waals surface area contributed by atoms with Crippen LogP contribution >= 0.6 is 0 Å². The van der Waals surface area contributed by atoms with Crippen molar-refractivity contribution in [1.82, 2.24) is 0 Å². The standard InChI is InChI=1S/C7H5BF5.K/c1-4-2-5(9)7(6(10)3-4)8(11,12)13;/h2-3H,1H3;/q-1;+1. The molecule has 14 heavy (non-hydrogen) atoms. The Bertz CT molecular complexity index is 312. The van der Waals surface area contributed by atoms with E-state index in [1.54, 1.807) is 0 Å². The zero-order valence-corrected chi connectivity index (χ0v) is 10.7. The average molecular weight is 234 g/mol. The van der Waals surface area contributed by atoms with E-state index in [0.29, 0.717) is 12.1 Å². The summed E-state index contributed by atoms with van der Waals surface area (Å²) < 4.78 is 61.4. The third-order valence-corrected chi connectivity index (χ3v) is 1.55. The maximum atomic E-state index is 12.7. The van der Waals surface area contributed by atoms with Gasteiger partial charge in [0.2, 0.25) is 0 Å². The van der Waals surface area contributed by atoms with Crippen molar-refractivity contribution in [1.29, 1.82) is 0 Å². The van der Waals surface area contributed by atoms with Crippen molar-refractivity contribution in [2.24, 2.45) is 0 Å².